The van der Waals surface area contributed by atoms with Gasteiger partial charge in [0.15, 0.2) is 0 Å². The van der Waals surface area contributed by atoms with Crippen LogP contribution in [-0.2, 0) is 4.79 Å². The Labute approximate surface area is 99.4 Å². The quantitative estimate of drug-likeness (QED) is 0.781. The van der Waals surface area contributed by atoms with E-state index in [0.29, 0.717) is 0 Å². The van der Waals surface area contributed by atoms with Crippen molar-refractivity contribution in [3.05, 3.63) is 0 Å². The second kappa shape index (κ2) is 6.89. The maximum atomic E-state index is 12.0. The highest BCUT2D eigenvalue weighted by molar-refractivity contribution is 5.81. The topological polar surface area (TPSA) is 46.3 Å². The molecule has 0 aliphatic carbocycles. The summed E-state index contributed by atoms with van der Waals surface area (Å²) in [6.07, 6.45) is 6.55. The van der Waals surface area contributed by atoms with E-state index in [2.05, 4.69) is 13.8 Å². The minimum absolute atomic E-state index is 0.169. The predicted molar refractivity (Wildman–Crippen MR) is 67.1 cm³/mol. The zero-order chi connectivity index (χ0) is 12.0. The standard InChI is InChI=1S/C13H26N2O/c1-3-5-6-12(14)13(16)15-9-7-11(4-2)8-10-15/h11-12H,3-10,14H2,1-2H3. The van der Waals surface area contributed by atoms with Crippen molar-refractivity contribution < 1.29 is 4.79 Å². The lowest BCUT2D eigenvalue weighted by Crippen LogP contribution is -2.47. The molecule has 0 radical (unpaired) electrons. The fraction of sp³-hybridized carbons (Fsp3) is 0.923. The summed E-state index contributed by atoms with van der Waals surface area (Å²) in [5, 5.41) is 0. The predicted octanol–water partition coefficient (Wildman–Crippen LogP) is 2.15. The van der Waals surface area contributed by atoms with Crippen LogP contribution in [0, 0.1) is 5.92 Å². The lowest BCUT2D eigenvalue weighted by molar-refractivity contribution is -0.134. The van der Waals surface area contributed by atoms with Gasteiger partial charge in [-0.15, -0.1) is 0 Å². The number of nitrogens with two attached hydrogens (primary N) is 1. The lowest BCUT2D eigenvalue weighted by atomic mass is 9.94. The minimum atomic E-state index is -0.266. The van der Waals surface area contributed by atoms with Crippen LogP contribution in [-0.4, -0.2) is 29.9 Å². The highest BCUT2D eigenvalue weighted by atomic mass is 16.2. The molecule has 0 aromatic carbocycles. The third-order valence-corrected chi connectivity index (χ3v) is 3.69. The molecule has 1 aliphatic heterocycles. The zero-order valence-corrected chi connectivity index (χ0v) is 10.7. The molecule has 1 atom stereocenters. The van der Waals surface area contributed by atoms with Crippen LogP contribution in [0.2, 0.25) is 0 Å². The van der Waals surface area contributed by atoms with E-state index >= 15 is 0 Å². The molecule has 94 valence electrons. The zero-order valence-electron chi connectivity index (χ0n) is 10.7. The molecule has 1 rings (SSSR count). The van der Waals surface area contributed by atoms with Crippen molar-refractivity contribution in [1.29, 1.82) is 0 Å². The molecule has 1 heterocycles. The van der Waals surface area contributed by atoms with E-state index in [1.807, 2.05) is 4.90 Å². The van der Waals surface area contributed by atoms with Gasteiger partial charge >= 0.3 is 0 Å². The Morgan fingerprint density at radius 1 is 1.38 bits per heavy atom. The molecule has 0 spiro atoms. The number of hydrogen-bond acceptors (Lipinski definition) is 2. The van der Waals surface area contributed by atoms with Crippen molar-refractivity contribution in [3.8, 4) is 0 Å². The van der Waals surface area contributed by atoms with Crippen molar-refractivity contribution in [2.75, 3.05) is 13.1 Å². The number of carbonyl (C=O) groups is 1. The largest absolute Gasteiger partial charge is 0.341 e. The number of hydrogen-bond donors (Lipinski definition) is 1. The molecule has 3 nitrogen and oxygen atoms in total. The average molecular weight is 226 g/mol. The van der Waals surface area contributed by atoms with Gasteiger partial charge in [0, 0.05) is 13.1 Å². The van der Waals surface area contributed by atoms with Crippen LogP contribution in [0.3, 0.4) is 0 Å². The van der Waals surface area contributed by atoms with Crippen LogP contribution in [0.4, 0.5) is 0 Å². The summed E-state index contributed by atoms with van der Waals surface area (Å²) in [4.78, 5) is 14.0. The summed E-state index contributed by atoms with van der Waals surface area (Å²) in [7, 11) is 0. The molecule has 1 aliphatic rings. The number of likely N-dealkylation sites (tertiary alicyclic amines) is 1. The Hall–Kier alpha value is -0.570. The van der Waals surface area contributed by atoms with Gasteiger partial charge in [-0.25, -0.2) is 0 Å². The summed E-state index contributed by atoms with van der Waals surface area (Å²) in [5.41, 5.74) is 5.91. The van der Waals surface area contributed by atoms with Crippen LogP contribution in [0.15, 0.2) is 0 Å². The minimum Gasteiger partial charge on any atom is -0.341 e. The van der Waals surface area contributed by atoms with Gasteiger partial charge in [0.1, 0.15) is 0 Å². The molecule has 1 amide bonds. The van der Waals surface area contributed by atoms with E-state index < -0.39 is 0 Å². The number of nitrogens with zero attached hydrogens (tertiary/aromatic N) is 1. The third kappa shape index (κ3) is 3.78. The van der Waals surface area contributed by atoms with E-state index in [4.69, 9.17) is 5.73 Å². The molecule has 1 unspecified atom stereocenters. The first-order valence-electron chi connectivity index (χ1n) is 6.73. The number of unbranched alkanes of at least 4 members (excludes halogenated alkanes) is 1. The number of amides is 1. The highest BCUT2D eigenvalue weighted by Gasteiger charge is 2.25. The van der Waals surface area contributed by atoms with Crippen molar-refractivity contribution >= 4 is 5.91 Å². The molecule has 0 bridgehead atoms. The van der Waals surface area contributed by atoms with E-state index in [-0.39, 0.29) is 11.9 Å². The SMILES string of the molecule is CCCCC(N)C(=O)N1CCC(CC)CC1. The van der Waals surface area contributed by atoms with Crippen LogP contribution < -0.4 is 5.73 Å². The van der Waals surface area contributed by atoms with E-state index in [1.165, 1.54) is 6.42 Å². The highest BCUT2D eigenvalue weighted by Crippen LogP contribution is 2.20. The molecule has 0 aromatic rings. The molecule has 0 aromatic heterocycles. The molecule has 16 heavy (non-hydrogen) atoms. The van der Waals surface area contributed by atoms with Crippen LogP contribution in [0.25, 0.3) is 0 Å². The van der Waals surface area contributed by atoms with Gasteiger partial charge in [0.05, 0.1) is 6.04 Å². The van der Waals surface area contributed by atoms with E-state index in [9.17, 15) is 4.79 Å². The maximum Gasteiger partial charge on any atom is 0.239 e. The second-order valence-electron chi connectivity index (χ2n) is 4.93. The smallest absolute Gasteiger partial charge is 0.239 e. The fourth-order valence-corrected chi connectivity index (χ4v) is 2.34. The van der Waals surface area contributed by atoms with Gasteiger partial charge in [-0.2, -0.15) is 0 Å². The molecule has 3 heteroatoms. The normalized spacial score (nSPS) is 19.8. The molecule has 0 saturated carbocycles. The fourth-order valence-electron chi connectivity index (χ4n) is 2.34. The summed E-state index contributed by atoms with van der Waals surface area (Å²) < 4.78 is 0. The van der Waals surface area contributed by atoms with Gasteiger partial charge < -0.3 is 10.6 Å². The average Bonchev–Trinajstić information content (AvgIpc) is 2.35. The van der Waals surface area contributed by atoms with Crippen LogP contribution in [0.1, 0.15) is 52.4 Å². The summed E-state index contributed by atoms with van der Waals surface area (Å²) in [6.45, 7) is 6.19. The molecular formula is C13H26N2O. The first-order valence-corrected chi connectivity index (χ1v) is 6.73. The second-order valence-corrected chi connectivity index (χ2v) is 4.93. The number of piperidine rings is 1. The summed E-state index contributed by atoms with van der Waals surface area (Å²) in [6, 6.07) is -0.266. The van der Waals surface area contributed by atoms with Gasteiger partial charge in [-0.05, 0) is 25.2 Å². The van der Waals surface area contributed by atoms with Crippen LogP contribution >= 0.6 is 0 Å². The lowest BCUT2D eigenvalue weighted by Gasteiger charge is -2.33. The Bertz CT molecular complexity index is 210. The maximum absolute atomic E-state index is 12.0. The first-order chi connectivity index (χ1) is 7.69. The number of rotatable bonds is 5. The van der Waals surface area contributed by atoms with Gasteiger partial charge in [-0.3, -0.25) is 4.79 Å². The van der Waals surface area contributed by atoms with E-state index in [0.717, 1.165) is 51.1 Å². The Morgan fingerprint density at radius 2 is 2.00 bits per heavy atom. The van der Waals surface area contributed by atoms with Crippen molar-refractivity contribution in [3.63, 3.8) is 0 Å². The Morgan fingerprint density at radius 3 is 2.50 bits per heavy atom. The van der Waals surface area contributed by atoms with Crippen LogP contribution in [0.5, 0.6) is 0 Å². The Kier molecular flexibility index (Phi) is 5.81. The first kappa shape index (κ1) is 13.5. The van der Waals surface area contributed by atoms with Crippen molar-refractivity contribution in [2.24, 2.45) is 11.7 Å². The van der Waals surface area contributed by atoms with Gasteiger partial charge in [0.2, 0.25) is 5.91 Å². The summed E-state index contributed by atoms with van der Waals surface area (Å²) >= 11 is 0. The number of carbonyl (C=O) groups excluding carboxylic acids is 1. The van der Waals surface area contributed by atoms with Gasteiger partial charge in [-0.1, -0.05) is 33.1 Å². The third-order valence-electron chi connectivity index (χ3n) is 3.69. The molecular weight excluding hydrogens is 200 g/mol. The molecule has 1 fully saturated rings. The summed E-state index contributed by atoms with van der Waals surface area (Å²) in [5.74, 6) is 0.985. The molecule has 2 N–H and O–H groups in total. The van der Waals surface area contributed by atoms with Crippen molar-refractivity contribution in [2.45, 2.75) is 58.4 Å². The molecule has 1 saturated heterocycles. The van der Waals surface area contributed by atoms with Crippen molar-refractivity contribution in [1.82, 2.24) is 4.90 Å². The monoisotopic (exact) mass is 226 g/mol. The Balaban J connectivity index is 2.32. The van der Waals surface area contributed by atoms with E-state index in [1.54, 1.807) is 0 Å². The van der Waals surface area contributed by atoms with Gasteiger partial charge in [0.25, 0.3) is 0 Å².